The molecule has 1 aliphatic carbocycles. The Morgan fingerprint density at radius 3 is 1.42 bits per heavy atom. The number of hydrogen-bond acceptors (Lipinski definition) is 4. The van der Waals surface area contributed by atoms with Crippen molar-refractivity contribution in [1.29, 1.82) is 0 Å². The molecule has 1 atom stereocenters. The molecule has 0 saturated carbocycles. The molecule has 0 aliphatic heterocycles. The van der Waals surface area contributed by atoms with Crippen molar-refractivity contribution in [3.63, 3.8) is 0 Å². The molecule has 6 nitrogen and oxygen atoms in total. The number of carboxylic acid groups (broad SMARTS) is 1. The molecule has 18 heteroatoms. The van der Waals surface area contributed by atoms with E-state index in [1.54, 1.807) is 0 Å². The van der Waals surface area contributed by atoms with Crippen LogP contribution in [0.2, 0.25) is 0 Å². The minimum absolute atomic E-state index is 0.0795. The standard InChI is InChI=1S/C39H32F12N2O4/c40-36(41,42)24-13-22(14-25(17-24)37(43,44)45)19-53(20-23-15-26(38(46,47)48)18-27(16-23)39(49,50)51)12-6-5-11-33(34(54)55)52-35(56)57-21-32-30-9-3-1-7-28(30)29-8-2-4-10-31(29)32/h1-4,7-10,13-18,32-33H,5-6,11-12,19-21H2,(H,52,56)(H,54,55)/t33-/m0/s1. The third kappa shape index (κ3) is 11.0. The monoisotopic (exact) mass is 820 g/mol. The molecule has 0 fully saturated rings. The zero-order chi connectivity index (χ0) is 41.9. The highest BCUT2D eigenvalue weighted by Gasteiger charge is 2.39. The summed E-state index contributed by atoms with van der Waals surface area (Å²) in [5.41, 5.74) is -4.26. The van der Waals surface area contributed by atoms with Crippen LogP contribution < -0.4 is 5.32 Å². The summed E-state index contributed by atoms with van der Waals surface area (Å²) < 4.78 is 168. The minimum atomic E-state index is -5.24. The van der Waals surface area contributed by atoms with Crippen LogP contribution in [0.1, 0.15) is 69.7 Å². The van der Waals surface area contributed by atoms with E-state index in [4.69, 9.17) is 4.74 Å². The molecule has 0 saturated heterocycles. The largest absolute Gasteiger partial charge is 0.480 e. The van der Waals surface area contributed by atoms with Gasteiger partial charge < -0.3 is 15.2 Å². The fourth-order valence-corrected chi connectivity index (χ4v) is 6.68. The highest BCUT2D eigenvalue weighted by molar-refractivity contribution is 5.81. The van der Waals surface area contributed by atoms with Crippen LogP contribution in [0.4, 0.5) is 57.5 Å². The second-order valence-corrected chi connectivity index (χ2v) is 13.4. The number of nitrogens with zero attached hydrogens (tertiary/aromatic N) is 1. The fourth-order valence-electron chi connectivity index (χ4n) is 6.68. The molecule has 0 heterocycles. The van der Waals surface area contributed by atoms with Gasteiger partial charge in [-0.1, -0.05) is 48.5 Å². The number of fused-ring (bicyclic) bond motifs is 3. The lowest BCUT2D eigenvalue weighted by Crippen LogP contribution is -2.41. The summed E-state index contributed by atoms with van der Waals surface area (Å²) in [5, 5.41) is 12.0. The second kappa shape index (κ2) is 16.7. The number of alkyl carbamates (subject to hydrolysis) is 1. The van der Waals surface area contributed by atoms with Crippen molar-refractivity contribution in [2.45, 2.75) is 69.0 Å². The van der Waals surface area contributed by atoms with Crippen LogP contribution in [0.25, 0.3) is 11.1 Å². The van der Waals surface area contributed by atoms with Gasteiger partial charge in [0.1, 0.15) is 12.6 Å². The third-order valence-electron chi connectivity index (χ3n) is 9.26. The molecule has 4 aromatic carbocycles. The van der Waals surface area contributed by atoms with Crippen molar-refractivity contribution in [2.75, 3.05) is 13.2 Å². The Balaban J connectivity index is 1.30. The quantitative estimate of drug-likeness (QED) is 0.104. The van der Waals surface area contributed by atoms with Gasteiger partial charge in [-0.15, -0.1) is 0 Å². The average molecular weight is 821 g/mol. The number of amides is 1. The summed E-state index contributed by atoms with van der Waals surface area (Å²) in [6.07, 6.45) is -22.5. The smallest absolute Gasteiger partial charge is 0.416 e. The maximum atomic E-state index is 13.6. The Labute approximate surface area is 317 Å². The van der Waals surface area contributed by atoms with E-state index < -0.39 is 89.3 Å². The molecular weight excluding hydrogens is 788 g/mol. The van der Waals surface area contributed by atoms with E-state index in [9.17, 15) is 67.4 Å². The van der Waals surface area contributed by atoms with Gasteiger partial charge >= 0.3 is 36.8 Å². The number of alkyl halides is 12. The highest BCUT2D eigenvalue weighted by Crippen LogP contribution is 2.45. The van der Waals surface area contributed by atoms with Crippen molar-refractivity contribution in [3.05, 3.63) is 129 Å². The number of halogens is 12. The van der Waals surface area contributed by atoms with E-state index >= 15 is 0 Å². The maximum absolute atomic E-state index is 13.6. The Morgan fingerprint density at radius 2 is 1.04 bits per heavy atom. The number of benzene rings is 4. The highest BCUT2D eigenvalue weighted by atomic mass is 19.4. The average Bonchev–Trinajstić information content (AvgIpc) is 3.43. The summed E-state index contributed by atoms with van der Waals surface area (Å²) in [6, 6.07) is 14.6. The Kier molecular flexibility index (Phi) is 12.5. The molecule has 0 radical (unpaired) electrons. The molecule has 1 aliphatic rings. The predicted molar refractivity (Wildman–Crippen MR) is 180 cm³/mol. The van der Waals surface area contributed by atoms with Gasteiger partial charge in [-0.3, -0.25) is 4.90 Å². The van der Waals surface area contributed by atoms with Crippen molar-refractivity contribution in [3.8, 4) is 11.1 Å². The topological polar surface area (TPSA) is 78.9 Å². The van der Waals surface area contributed by atoms with Gasteiger partial charge in [-0.2, -0.15) is 52.7 Å². The van der Waals surface area contributed by atoms with E-state index in [1.165, 1.54) is 0 Å². The zero-order valence-electron chi connectivity index (χ0n) is 29.3. The van der Waals surface area contributed by atoms with E-state index in [-0.39, 0.29) is 50.5 Å². The molecule has 2 N–H and O–H groups in total. The first-order valence-electron chi connectivity index (χ1n) is 17.1. The number of rotatable bonds is 13. The molecule has 4 aromatic rings. The predicted octanol–water partition coefficient (Wildman–Crippen LogP) is 10.9. The van der Waals surface area contributed by atoms with Crippen molar-refractivity contribution in [2.24, 2.45) is 0 Å². The number of unbranched alkanes of at least 4 members (excludes halogenated alkanes) is 1. The SMILES string of the molecule is O=C(N[C@@H](CCCCN(Cc1cc(C(F)(F)F)cc(C(F)(F)F)c1)Cc1cc(C(F)(F)F)cc(C(F)(F)F)c1)C(=O)O)OCC1c2ccccc2-c2ccccc21. The minimum Gasteiger partial charge on any atom is -0.480 e. The number of carboxylic acids is 1. The van der Waals surface area contributed by atoms with Crippen molar-refractivity contribution >= 4 is 12.1 Å². The van der Waals surface area contributed by atoms with E-state index in [1.807, 2.05) is 48.5 Å². The zero-order valence-corrected chi connectivity index (χ0v) is 29.3. The van der Waals surface area contributed by atoms with Gasteiger partial charge in [0.2, 0.25) is 0 Å². The van der Waals surface area contributed by atoms with Crippen LogP contribution in [0.3, 0.4) is 0 Å². The maximum Gasteiger partial charge on any atom is 0.416 e. The number of carbonyl (C=O) groups is 2. The van der Waals surface area contributed by atoms with Crippen LogP contribution in [-0.4, -0.2) is 41.3 Å². The van der Waals surface area contributed by atoms with Gasteiger partial charge in [-0.25, -0.2) is 9.59 Å². The molecular formula is C39H32F12N2O4. The normalized spacial score (nSPS) is 14.0. The first-order chi connectivity index (χ1) is 26.5. The summed E-state index contributed by atoms with van der Waals surface area (Å²) >= 11 is 0. The fraction of sp³-hybridized carbons (Fsp3) is 0.333. The van der Waals surface area contributed by atoms with Crippen LogP contribution in [-0.2, 0) is 47.3 Å². The Hall–Kier alpha value is -5.26. The summed E-state index contributed by atoms with van der Waals surface area (Å²) in [5.74, 6) is -1.82. The van der Waals surface area contributed by atoms with Crippen LogP contribution >= 0.6 is 0 Å². The lowest BCUT2D eigenvalue weighted by atomic mass is 9.98. The molecule has 1 amide bonds. The second-order valence-electron chi connectivity index (χ2n) is 13.4. The van der Waals surface area contributed by atoms with Gasteiger partial charge in [-0.05, 0) is 95.6 Å². The Morgan fingerprint density at radius 1 is 0.632 bits per heavy atom. The first kappa shape index (κ1) is 42.9. The molecule has 5 rings (SSSR count). The van der Waals surface area contributed by atoms with Gasteiger partial charge in [0.25, 0.3) is 0 Å². The van der Waals surface area contributed by atoms with Crippen molar-refractivity contribution in [1.82, 2.24) is 10.2 Å². The molecule has 0 spiro atoms. The lowest BCUT2D eigenvalue weighted by Gasteiger charge is -2.25. The van der Waals surface area contributed by atoms with Gasteiger partial charge in [0.05, 0.1) is 22.3 Å². The van der Waals surface area contributed by atoms with Crippen LogP contribution in [0, 0.1) is 0 Å². The summed E-state index contributed by atoms with van der Waals surface area (Å²) in [7, 11) is 0. The number of carbonyl (C=O) groups excluding carboxylic acids is 1. The number of hydrogen-bond donors (Lipinski definition) is 2. The first-order valence-corrected chi connectivity index (χ1v) is 17.1. The van der Waals surface area contributed by atoms with Crippen LogP contribution in [0.5, 0.6) is 0 Å². The van der Waals surface area contributed by atoms with Gasteiger partial charge in [0.15, 0.2) is 0 Å². The van der Waals surface area contributed by atoms with E-state index in [2.05, 4.69) is 5.32 Å². The number of nitrogens with one attached hydrogen (secondary N) is 1. The number of aliphatic carboxylic acids is 1. The molecule has 0 unspecified atom stereocenters. The van der Waals surface area contributed by atoms with E-state index in [0.29, 0.717) is 24.3 Å². The molecule has 0 bridgehead atoms. The molecule has 306 valence electrons. The summed E-state index contributed by atoms with van der Waals surface area (Å²) in [6.45, 7) is -2.05. The van der Waals surface area contributed by atoms with Crippen molar-refractivity contribution < 1.29 is 72.1 Å². The molecule has 57 heavy (non-hydrogen) atoms. The summed E-state index contributed by atoms with van der Waals surface area (Å²) in [4.78, 5) is 25.8. The van der Waals surface area contributed by atoms with E-state index in [0.717, 1.165) is 27.2 Å². The Bertz CT molecular complexity index is 1890. The van der Waals surface area contributed by atoms with Crippen LogP contribution in [0.15, 0.2) is 84.9 Å². The van der Waals surface area contributed by atoms with Gasteiger partial charge in [0, 0.05) is 19.0 Å². The lowest BCUT2D eigenvalue weighted by molar-refractivity contribution is -0.144. The third-order valence-corrected chi connectivity index (χ3v) is 9.26. The number of ether oxygens (including phenoxy) is 1. The molecule has 0 aromatic heterocycles.